The second-order valence-corrected chi connectivity index (χ2v) is 25.6. The number of carbonyl (C=O) groups excluding carboxylic acids is 2. The number of aliphatic hydroxyl groups excluding tert-OH is 11. The van der Waals surface area contributed by atoms with E-state index in [1.165, 1.54) is 0 Å². The summed E-state index contributed by atoms with van der Waals surface area (Å²) in [5, 5.41) is 118. The summed E-state index contributed by atoms with van der Waals surface area (Å²) in [7, 11) is 0. The van der Waals surface area contributed by atoms with Gasteiger partial charge in [0.1, 0.15) is 97.5 Å². The van der Waals surface area contributed by atoms with Gasteiger partial charge in [-0.3, -0.25) is 4.79 Å². The van der Waals surface area contributed by atoms with Crippen molar-refractivity contribution in [3.05, 3.63) is 0 Å². The molecule has 74 heavy (non-hydrogen) atoms. The first-order chi connectivity index (χ1) is 34.8. The monoisotopic (exact) mass is 1060 g/mol. The molecule has 0 radical (unpaired) electrons. The van der Waals surface area contributed by atoms with E-state index in [1.54, 1.807) is 0 Å². The van der Waals surface area contributed by atoms with E-state index in [-0.39, 0.29) is 34.4 Å². The Hall–Kier alpha value is -1.46. The quantitative estimate of drug-likeness (QED) is 0.0813. The van der Waals surface area contributed by atoms with Crippen LogP contribution in [0.2, 0.25) is 0 Å². The first-order valence-electron chi connectivity index (χ1n) is 26.9. The number of fused-ring (bicyclic) bond motifs is 4. The summed E-state index contributed by atoms with van der Waals surface area (Å²) in [6, 6.07) is 0. The highest BCUT2D eigenvalue weighted by Crippen LogP contribution is 2.80. The molecule has 10 rings (SSSR count). The van der Waals surface area contributed by atoms with Gasteiger partial charge >= 0.3 is 0 Å². The summed E-state index contributed by atoms with van der Waals surface area (Å²) in [4.78, 5) is 27.2. The van der Waals surface area contributed by atoms with Gasteiger partial charge in [0, 0.05) is 23.2 Å². The number of aliphatic hydroxyl groups is 11. The topological polar surface area (TPSA) is 340 Å². The Bertz CT molecular complexity index is 2070. The van der Waals surface area contributed by atoms with Crippen LogP contribution in [-0.2, 0) is 52.2 Å². The molecule has 22 nitrogen and oxygen atoms in total. The van der Waals surface area contributed by atoms with Crippen molar-refractivity contribution in [1.82, 2.24) is 0 Å². The smallest absolute Gasteiger partial charge is 0.187 e. The molecular weight excluding hydrogens is 977 g/mol. The van der Waals surface area contributed by atoms with E-state index in [0.717, 1.165) is 38.4 Å². The van der Waals surface area contributed by atoms with Crippen molar-refractivity contribution in [2.24, 2.45) is 50.2 Å². The van der Waals surface area contributed by atoms with Crippen LogP contribution in [0.25, 0.3) is 0 Å². The maximum Gasteiger partial charge on any atom is 0.187 e. The zero-order valence-electron chi connectivity index (χ0n) is 43.3. The molecular formula is C52H82O22. The van der Waals surface area contributed by atoms with Gasteiger partial charge in [0.15, 0.2) is 25.2 Å². The van der Waals surface area contributed by atoms with Crippen molar-refractivity contribution in [2.45, 2.75) is 228 Å². The molecule has 1 spiro atoms. The normalized spacial score (nSPS) is 57.1. The molecule has 0 aromatic carbocycles. The van der Waals surface area contributed by atoms with Crippen LogP contribution < -0.4 is 0 Å². The SMILES string of the molecule is CC1(C=O)CCC23COC4(CCC5C6(C)CCC(OC7OCC(OC8OC(CO)C(O)C(O)C8OC8OCC(O)C(O)C8O)C(O)C7OC7OC(CO)C(O)C(O)C7O)C(C)(C)C6CCC5(C)C4(C)CC2=O)C3C1. The molecule has 422 valence electrons. The summed E-state index contributed by atoms with van der Waals surface area (Å²) in [5.74, 6) is 0.572. The third kappa shape index (κ3) is 8.23. The van der Waals surface area contributed by atoms with Gasteiger partial charge < -0.3 is 104 Å². The van der Waals surface area contributed by atoms with Crippen molar-refractivity contribution in [1.29, 1.82) is 0 Å². The van der Waals surface area contributed by atoms with Crippen LogP contribution in [-0.4, -0.2) is 224 Å². The zero-order chi connectivity index (χ0) is 53.5. The van der Waals surface area contributed by atoms with Gasteiger partial charge in [-0.25, -0.2) is 0 Å². The largest absolute Gasteiger partial charge is 0.394 e. The number of hydrogen-bond donors (Lipinski definition) is 11. The maximum atomic E-state index is 14.7. The lowest BCUT2D eigenvalue weighted by molar-refractivity contribution is -0.392. The Balaban J connectivity index is 0.902. The van der Waals surface area contributed by atoms with Crippen molar-refractivity contribution >= 4 is 12.1 Å². The number of carbonyl (C=O) groups is 2. The Labute approximate surface area is 430 Å². The lowest BCUT2D eigenvalue weighted by Crippen LogP contribution is -2.73. The summed E-state index contributed by atoms with van der Waals surface area (Å²) in [6.07, 6.45) is -22.3. The number of rotatable bonds is 11. The van der Waals surface area contributed by atoms with Gasteiger partial charge in [-0.15, -0.1) is 0 Å². The average molecular weight is 1060 g/mol. The molecule has 11 N–H and O–H groups in total. The van der Waals surface area contributed by atoms with Gasteiger partial charge in [-0.05, 0) is 85.9 Å². The van der Waals surface area contributed by atoms with Crippen LogP contribution in [0.3, 0.4) is 0 Å². The van der Waals surface area contributed by atoms with Gasteiger partial charge in [0.05, 0.1) is 50.2 Å². The third-order valence-corrected chi connectivity index (χ3v) is 21.7. The van der Waals surface area contributed by atoms with Crippen LogP contribution in [0, 0.1) is 50.2 Å². The Morgan fingerprint density at radius 2 is 1.22 bits per heavy atom. The van der Waals surface area contributed by atoms with Crippen LogP contribution in [0.1, 0.15) is 106 Å². The fourth-order valence-electron chi connectivity index (χ4n) is 17.1. The minimum absolute atomic E-state index is 0.0269. The molecule has 5 saturated heterocycles. The van der Waals surface area contributed by atoms with E-state index >= 15 is 0 Å². The lowest BCUT2D eigenvalue weighted by Gasteiger charge is -2.74. The van der Waals surface area contributed by atoms with E-state index < -0.39 is 170 Å². The molecule has 5 aliphatic carbocycles. The molecule has 0 amide bonds. The van der Waals surface area contributed by atoms with E-state index in [0.29, 0.717) is 38.7 Å². The minimum atomic E-state index is -1.89. The molecule has 28 atom stereocenters. The third-order valence-electron chi connectivity index (χ3n) is 21.7. The highest BCUT2D eigenvalue weighted by atomic mass is 16.8. The molecule has 28 unspecified atom stereocenters. The Kier molecular flexibility index (Phi) is 14.8. The molecule has 0 aromatic heterocycles. The molecule has 5 aliphatic heterocycles. The van der Waals surface area contributed by atoms with Crippen molar-refractivity contribution in [3.8, 4) is 0 Å². The number of ether oxygens (including phenoxy) is 9. The van der Waals surface area contributed by atoms with E-state index in [9.17, 15) is 65.8 Å². The zero-order valence-corrected chi connectivity index (χ0v) is 43.3. The second-order valence-electron chi connectivity index (χ2n) is 25.6. The first-order valence-corrected chi connectivity index (χ1v) is 26.9. The minimum Gasteiger partial charge on any atom is -0.394 e. The molecule has 2 bridgehead atoms. The highest BCUT2D eigenvalue weighted by molar-refractivity contribution is 5.89. The van der Waals surface area contributed by atoms with Gasteiger partial charge in [-0.1, -0.05) is 41.5 Å². The predicted octanol–water partition coefficient (Wildman–Crippen LogP) is -1.69. The summed E-state index contributed by atoms with van der Waals surface area (Å²) < 4.78 is 55.8. The summed E-state index contributed by atoms with van der Waals surface area (Å²) >= 11 is 0. The standard InChI is InChI=1S/C52H82O22/c1-46(2)27-7-11-49(5)28(8-12-52-29-15-47(3,21-55)13-14-51(29,22-68-52)30(57)16-50(49,52)6)48(27,4)10-9-31(46)72-44-40(74-43-39(65)36(62)33(59)24(17-53)69-43)35(61)26(20-67-44)71-45-41(37(63)34(60)25(18-54)70-45)73-42-38(64)32(58)23(56)19-66-42/h21,23-29,31-45,53-54,56,58-65H,7-20,22H2,1-6H3. The Morgan fingerprint density at radius 3 is 1.91 bits per heavy atom. The van der Waals surface area contributed by atoms with Gasteiger partial charge in [-0.2, -0.15) is 0 Å². The average Bonchev–Trinajstić information content (AvgIpc) is 3.65. The number of aldehydes is 1. The fraction of sp³-hybridized carbons (Fsp3) is 0.962. The van der Waals surface area contributed by atoms with E-state index in [2.05, 4.69) is 34.6 Å². The highest BCUT2D eigenvalue weighted by Gasteiger charge is 2.80. The summed E-state index contributed by atoms with van der Waals surface area (Å²) in [6.45, 7) is 11.4. The van der Waals surface area contributed by atoms with Crippen LogP contribution in [0.15, 0.2) is 0 Å². The van der Waals surface area contributed by atoms with Crippen molar-refractivity contribution in [2.75, 3.05) is 33.0 Å². The number of ketones is 1. The van der Waals surface area contributed by atoms with Crippen LogP contribution >= 0.6 is 0 Å². The predicted molar refractivity (Wildman–Crippen MR) is 250 cm³/mol. The molecule has 5 heterocycles. The van der Waals surface area contributed by atoms with E-state index in [4.69, 9.17) is 42.6 Å². The van der Waals surface area contributed by atoms with Crippen molar-refractivity contribution < 1.29 is 108 Å². The molecule has 10 fully saturated rings. The van der Waals surface area contributed by atoms with E-state index in [1.807, 2.05) is 6.92 Å². The van der Waals surface area contributed by atoms with Crippen molar-refractivity contribution in [3.63, 3.8) is 0 Å². The number of hydrogen-bond acceptors (Lipinski definition) is 22. The second kappa shape index (κ2) is 19.7. The fourth-order valence-corrected chi connectivity index (χ4v) is 17.1. The van der Waals surface area contributed by atoms with Crippen LogP contribution in [0.4, 0.5) is 0 Å². The Morgan fingerprint density at radius 1 is 0.595 bits per heavy atom. The number of Topliss-reactive ketones (excluding diaryl/α,β-unsaturated/α-hetero) is 1. The molecule has 22 heteroatoms. The van der Waals surface area contributed by atoms with Crippen LogP contribution in [0.5, 0.6) is 0 Å². The first kappa shape index (κ1) is 55.8. The molecule has 10 aliphatic rings. The van der Waals surface area contributed by atoms with Gasteiger partial charge in [0.25, 0.3) is 0 Å². The molecule has 0 aromatic rings. The maximum absolute atomic E-state index is 14.7. The molecule has 5 saturated carbocycles. The lowest BCUT2D eigenvalue weighted by atomic mass is 9.30. The van der Waals surface area contributed by atoms with Gasteiger partial charge in [0.2, 0.25) is 0 Å². The summed E-state index contributed by atoms with van der Waals surface area (Å²) in [5.41, 5.74) is -3.07.